The van der Waals surface area contributed by atoms with Crippen molar-refractivity contribution in [2.24, 2.45) is 0 Å². The van der Waals surface area contributed by atoms with Crippen LogP contribution in [0.3, 0.4) is 0 Å². The largest absolute Gasteiger partial charge is 0.469 e. The maximum absolute atomic E-state index is 10.9. The van der Waals surface area contributed by atoms with Crippen LogP contribution in [0.4, 0.5) is 0 Å². The van der Waals surface area contributed by atoms with Crippen LogP contribution in [-0.2, 0) is 9.53 Å². The SMILES string of the molecule is COC(=O)CC=Cc1cc(C)ccc1C=O. The number of carbonyl (C=O) groups is 2. The van der Waals surface area contributed by atoms with Crippen LogP contribution in [0.25, 0.3) is 6.08 Å². The molecule has 0 amide bonds. The molecular weight excluding hydrogens is 204 g/mol. The van der Waals surface area contributed by atoms with Gasteiger partial charge in [-0.25, -0.2) is 0 Å². The van der Waals surface area contributed by atoms with Gasteiger partial charge in [0.2, 0.25) is 0 Å². The zero-order valence-corrected chi connectivity index (χ0v) is 9.40. The van der Waals surface area contributed by atoms with E-state index in [0.717, 1.165) is 17.4 Å². The van der Waals surface area contributed by atoms with Crippen molar-refractivity contribution in [3.63, 3.8) is 0 Å². The highest BCUT2D eigenvalue weighted by Gasteiger charge is 1.99. The summed E-state index contributed by atoms with van der Waals surface area (Å²) in [5.41, 5.74) is 2.51. The minimum Gasteiger partial charge on any atom is -0.469 e. The average molecular weight is 218 g/mol. The molecule has 1 rings (SSSR count). The maximum atomic E-state index is 10.9. The van der Waals surface area contributed by atoms with Gasteiger partial charge < -0.3 is 4.74 Å². The van der Waals surface area contributed by atoms with Crippen molar-refractivity contribution in [2.45, 2.75) is 13.3 Å². The summed E-state index contributed by atoms with van der Waals surface area (Å²) >= 11 is 0. The fraction of sp³-hybridized carbons (Fsp3) is 0.231. The van der Waals surface area contributed by atoms with Gasteiger partial charge in [-0.3, -0.25) is 9.59 Å². The van der Waals surface area contributed by atoms with Crippen molar-refractivity contribution in [2.75, 3.05) is 7.11 Å². The third kappa shape index (κ3) is 3.35. The highest BCUT2D eigenvalue weighted by atomic mass is 16.5. The second-order valence-corrected chi connectivity index (χ2v) is 3.43. The highest BCUT2D eigenvalue weighted by molar-refractivity contribution is 5.82. The van der Waals surface area contributed by atoms with Crippen molar-refractivity contribution in [1.29, 1.82) is 0 Å². The quantitative estimate of drug-likeness (QED) is 0.575. The minimum absolute atomic E-state index is 0.211. The molecule has 0 atom stereocenters. The summed E-state index contributed by atoms with van der Waals surface area (Å²) in [5, 5.41) is 0. The second kappa shape index (κ2) is 5.85. The Morgan fingerprint density at radius 1 is 1.38 bits per heavy atom. The Labute approximate surface area is 94.7 Å². The molecule has 1 aromatic rings. The lowest BCUT2D eigenvalue weighted by molar-refractivity contribution is -0.139. The molecule has 0 saturated heterocycles. The summed E-state index contributed by atoms with van der Waals surface area (Å²) in [6.07, 6.45) is 4.46. The van der Waals surface area contributed by atoms with Gasteiger partial charge in [0.1, 0.15) is 0 Å². The Morgan fingerprint density at radius 2 is 2.12 bits per heavy atom. The molecule has 0 fully saturated rings. The molecule has 0 unspecified atom stereocenters. The number of esters is 1. The molecule has 3 nitrogen and oxygen atoms in total. The lowest BCUT2D eigenvalue weighted by Crippen LogP contribution is -1.96. The predicted octanol–water partition coefficient (Wildman–Crippen LogP) is 2.38. The molecule has 0 bridgehead atoms. The van der Waals surface area contributed by atoms with E-state index in [9.17, 15) is 9.59 Å². The number of aryl methyl sites for hydroxylation is 1. The number of aldehydes is 1. The van der Waals surface area contributed by atoms with Crippen LogP contribution >= 0.6 is 0 Å². The molecule has 84 valence electrons. The lowest BCUT2D eigenvalue weighted by atomic mass is 10.0. The molecule has 0 spiro atoms. The zero-order chi connectivity index (χ0) is 12.0. The van der Waals surface area contributed by atoms with E-state index in [0.29, 0.717) is 5.56 Å². The number of methoxy groups -OCH3 is 1. The number of benzene rings is 1. The molecule has 0 aliphatic rings. The molecule has 0 aliphatic carbocycles. The van der Waals surface area contributed by atoms with Crippen LogP contribution in [0.5, 0.6) is 0 Å². The minimum atomic E-state index is -0.295. The molecular formula is C13H14O3. The maximum Gasteiger partial charge on any atom is 0.309 e. The van der Waals surface area contributed by atoms with E-state index in [-0.39, 0.29) is 12.4 Å². The van der Waals surface area contributed by atoms with Crippen molar-refractivity contribution >= 4 is 18.3 Å². The summed E-state index contributed by atoms with van der Waals surface area (Å²) in [7, 11) is 1.35. The van der Waals surface area contributed by atoms with Crippen LogP contribution in [-0.4, -0.2) is 19.4 Å². The summed E-state index contributed by atoms with van der Waals surface area (Å²) < 4.78 is 4.51. The van der Waals surface area contributed by atoms with Crippen LogP contribution in [0.15, 0.2) is 24.3 Å². The van der Waals surface area contributed by atoms with E-state index in [1.54, 1.807) is 18.2 Å². The number of hydrogen-bond donors (Lipinski definition) is 0. The van der Waals surface area contributed by atoms with Gasteiger partial charge in [-0.05, 0) is 12.5 Å². The van der Waals surface area contributed by atoms with E-state index in [4.69, 9.17) is 0 Å². The van der Waals surface area contributed by atoms with Gasteiger partial charge >= 0.3 is 5.97 Å². The Hall–Kier alpha value is -1.90. The van der Waals surface area contributed by atoms with Gasteiger partial charge in [0.25, 0.3) is 0 Å². The number of rotatable bonds is 4. The topological polar surface area (TPSA) is 43.4 Å². The highest BCUT2D eigenvalue weighted by Crippen LogP contribution is 2.12. The normalized spacial score (nSPS) is 10.4. The van der Waals surface area contributed by atoms with Crippen molar-refractivity contribution in [1.82, 2.24) is 0 Å². The fourth-order valence-electron chi connectivity index (χ4n) is 1.31. The smallest absolute Gasteiger partial charge is 0.309 e. The molecule has 3 heteroatoms. The molecule has 0 aromatic heterocycles. The third-order valence-electron chi connectivity index (χ3n) is 2.18. The van der Waals surface area contributed by atoms with Crippen LogP contribution in [0.1, 0.15) is 27.9 Å². The number of hydrogen-bond acceptors (Lipinski definition) is 3. The van der Waals surface area contributed by atoms with Crippen LogP contribution in [0, 0.1) is 6.92 Å². The molecule has 0 aliphatic heterocycles. The first-order chi connectivity index (χ1) is 7.67. The van der Waals surface area contributed by atoms with Gasteiger partial charge in [-0.1, -0.05) is 35.9 Å². The molecule has 16 heavy (non-hydrogen) atoms. The number of carbonyl (C=O) groups excluding carboxylic acids is 2. The molecule has 0 saturated carbocycles. The first kappa shape index (κ1) is 12.2. The molecule has 0 radical (unpaired) electrons. The summed E-state index contributed by atoms with van der Waals surface area (Å²) in [6, 6.07) is 5.54. The molecule has 0 N–H and O–H groups in total. The van der Waals surface area contributed by atoms with Crippen LogP contribution in [0.2, 0.25) is 0 Å². The summed E-state index contributed by atoms with van der Waals surface area (Å²) in [6.45, 7) is 1.95. The fourth-order valence-corrected chi connectivity index (χ4v) is 1.31. The number of ether oxygens (including phenoxy) is 1. The van der Waals surface area contributed by atoms with Gasteiger partial charge in [0, 0.05) is 5.56 Å². The molecule has 1 aromatic carbocycles. The summed E-state index contributed by atoms with van der Waals surface area (Å²) in [4.78, 5) is 21.6. The first-order valence-electron chi connectivity index (χ1n) is 4.96. The van der Waals surface area contributed by atoms with Crippen LogP contribution < -0.4 is 0 Å². The van der Waals surface area contributed by atoms with Gasteiger partial charge in [0.15, 0.2) is 6.29 Å². The third-order valence-corrected chi connectivity index (χ3v) is 2.18. The van der Waals surface area contributed by atoms with E-state index < -0.39 is 0 Å². The summed E-state index contributed by atoms with van der Waals surface area (Å²) in [5.74, 6) is -0.295. The first-order valence-corrected chi connectivity index (χ1v) is 4.96. The average Bonchev–Trinajstić information content (AvgIpc) is 2.29. The molecule has 0 heterocycles. The Bertz CT molecular complexity index is 419. The van der Waals surface area contributed by atoms with Crippen molar-refractivity contribution in [3.05, 3.63) is 41.0 Å². The Kier molecular flexibility index (Phi) is 4.45. The monoisotopic (exact) mass is 218 g/mol. The van der Waals surface area contributed by atoms with E-state index in [1.807, 2.05) is 19.1 Å². The van der Waals surface area contributed by atoms with E-state index >= 15 is 0 Å². The zero-order valence-electron chi connectivity index (χ0n) is 9.40. The Morgan fingerprint density at radius 3 is 2.75 bits per heavy atom. The van der Waals surface area contributed by atoms with E-state index in [2.05, 4.69) is 4.74 Å². The Balaban J connectivity index is 2.83. The van der Waals surface area contributed by atoms with Gasteiger partial charge in [-0.2, -0.15) is 0 Å². The standard InChI is InChI=1S/C13H14O3/c1-10-6-7-12(9-14)11(8-10)4-3-5-13(15)16-2/h3-4,6-9H,5H2,1-2H3. The van der Waals surface area contributed by atoms with E-state index in [1.165, 1.54) is 7.11 Å². The van der Waals surface area contributed by atoms with Gasteiger partial charge in [-0.15, -0.1) is 0 Å². The van der Waals surface area contributed by atoms with Gasteiger partial charge in [0.05, 0.1) is 13.5 Å². The van der Waals surface area contributed by atoms with Crippen molar-refractivity contribution < 1.29 is 14.3 Å². The van der Waals surface area contributed by atoms with Crippen molar-refractivity contribution in [3.8, 4) is 0 Å². The lowest BCUT2D eigenvalue weighted by Gasteiger charge is -2.00. The second-order valence-electron chi connectivity index (χ2n) is 3.43. The predicted molar refractivity (Wildman–Crippen MR) is 62.2 cm³/mol.